The standard InChI is InChI=1S/C18H23NO2/c1-13(15-9-5-7-11-17(15)20-3)19-14(2)16-10-6-8-12-18(16)21-4/h5-14,19H,1-4H3/t13-,14-/m0/s1. The van der Waals surface area contributed by atoms with Crippen LogP contribution in [0.3, 0.4) is 0 Å². The van der Waals surface area contributed by atoms with Crippen LogP contribution in [0, 0.1) is 0 Å². The van der Waals surface area contributed by atoms with E-state index >= 15 is 0 Å². The Morgan fingerprint density at radius 2 is 1.10 bits per heavy atom. The Morgan fingerprint density at radius 1 is 0.714 bits per heavy atom. The van der Waals surface area contributed by atoms with Gasteiger partial charge in [0.1, 0.15) is 11.5 Å². The first kappa shape index (κ1) is 15.4. The fourth-order valence-electron chi connectivity index (χ4n) is 2.60. The lowest BCUT2D eigenvalue weighted by Crippen LogP contribution is -2.23. The molecule has 0 radical (unpaired) electrons. The van der Waals surface area contributed by atoms with Crippen LogP contribution in [-0.4, -0.2) is 14.2 Å². The molecule has 0 aliphatic rings. The second-order valence-electron chi connectivity index (χ2n) is 5.09. The topological polar surface area (TPSA) is 30.5 Å². The number of para-hydroxylation sites is 2. The summed E-state index contributed by atoms with van der Waals surface area (Å²) in [6.07, 6.45) is 0. The monoisotopic (exact) mass is 285 g/mol. The highest BCUT2D eigenvalue weighted by atomic mass is 16.5. The van der Waals surface area contributed by atoms with Crippen molar-refractivity contribution in [3.05, 3.63) is 59.7 Å². The average Bonchev–Trinajstić information content (AvgIpc) is 2.54. The summed E-state index contributed by atoms with van der Waals surface area (Å²) in [7, 11) is 3.41. The zero-order valence-corrected chi connectivity index (χ0v) is 13.1. The molecule has 2 rings (SSSR count). The maximum atomic E-state index is 5.43. The second kappa shape index (κ2) is 7.14. The zero-order chi connectivity index (χ0) is 15.2. The molecule has 2 atom stereocenters. The number of methoxy groups -OCH3 is 2. The quantitative estimate of drug-likeness (QED) is 0.866. The Kier molecular flexibility index (Phi) is 5.23. The van der Waals surface area contributed by atoms with E-state index in [1.165, 1.54) is 0 Å². The fourth-order valence-corrected chi connectivity index (χ4v) is 2.60. The second-order valence-corrected chi connectivity index (χ2v) is 5.09. The third-order valence-corrected chi connectivity index (χ3v) is 3.71. The van der Waals surface area contributed by atoms with Gasteiger partial charge < -0.3 is 14.8 Å². The summed E-state index contributed by atoms with van der Waals surface area (Å²) in [5.41, 5.74) is 2.31. The van der Waals surface area contributed by atoms with E-state index in [2.05, 4.69) is 31.3 Å². The van der Waals surface area contributed by atoms with E-state index < -0.39 is 0 Å². The minimum atomic E-state index is 0.182. The molecule has 0 heterocycles. The minimum absolute atomic E-state index is 0.182. The van der Waals surface area contributed by atoms with Gasteiger partial charge in [-0.3, -0.25) is 0 Å². The van der Waals surface area contributed by atoms with Crippen molar-refractivity contribution in [2.45, 2.75) is 25.9 Å². The summed E-state index contributed by atoms with van der Waals surface area (Å²) in [6.45, 7) is 4.29. The summed E-state index contributed by atoms with van der Waals surface area (Å²) in [6, 6.07) is 16.5. The molecule has 2 aromatic rings. The van der Waals surface area contributed by atoms with Crippen molar-refractivity contribution in [2.75, 3.05) is 14.2 Å². The van der Waals surface area contributed by atoms with Crippen molar-refractivity contribution in [1.29, 1.82) is 0 Å². The molecule has 3 heteroatoms. The van der Waals surface area contributed by atoms with Crippen LogP contribution in [-0.2, 0) is 0 Å². The van der Waals surface area contributed by atoms with Gasteiger partial charge in [-0.15, -0.1) is 0 Å². The number of benzene rings is 2. The van der Waals surface area contributed by atoms with Crippen LogP contribution >= 0.6 is 0 Å². The number of ether oxygens (including phenoxy) is 2. The van der Waals surface area contributed by atoms with Crippen molar-refractivity contribution < 1.29 is 9.47 Å². The van der Waals surface area contributed by atoms with Crippen molar-refractivity contribution in [3.63, 3.8) is 0 Å². The molecule has 0 aliphatic carbocycles. The van der Waals surface area contributed by atoms with Gasteiger partial charge in [0.25, 0.3) is 0 Å². The van der Waals surface area contributed by atoms with E-state index in [-0.39, 0.29) is 12.1 Å². The summed E-state index contributed by atoms with van der Waals surface area (Å²) in [5.74, 6) is 1.81. The van der Waals surface area contributed by atoms with Gasteiger partial charge >= 0.3 is 0 Å². The zero-order valence-electron chi connectivity index (χ0n) is 13.1. The van der Waals surface area contributed by atoms with Crippen LogP contribution in [0.15, 0.2) is 48.5 Å². The third kappa shape index (κ3) is 3.56. The smallest absolute Gasteiger partial charge is 0.123 e. The van der Waals surface area contributed by atoms with Crippen LogP contribution < -0.4 is 14.8 Å². The number of hydrogen-bond donors (Lipinski definition) is 1. The lowest BCUT2D eigenvalue weighted by atomic mass is 10.0. The van der Waals surface area contributed by atoms with Gasteiger partial charge in [0.05, 0.1) is 14.2 Å². The van der Waals surface area contributed by atoms with E-state index in [4.69, 9.17) is 9.47 Å². The summed E-state index contributed by atoms with van der Waals surface area (Å²) >= 11 is 0. The van der Waals surface area contributed by atoms with Gasteiger partial charge in [-0.05, 0) is 26.0 Å². The molecular weight excluding hydrogens is 262 g/mol. The van der Waals surface area contributed by atoms with Gasteiger partial charge in [0.2, 0.25) is 0 Å². The first-order valence-corrected chi connectivity index (χ1v) is 7.19. The molecule has 0 saturated carbocycles. The molecule has 21 heavy (non-hydrogen) atoms. The molecule has 0 saturated heterocycles. The fraction of sp³-hybridized carbons (Fsp3) is 0.333. The molecule has 0 fully saturated rings. The van der Waals surface area contributed by atoms with Gasteiger partial charge in [-0.25, -0.2) is 0 Å². The van der Waals surface area contributed by atoms with Crippen LogP contribution in [0.2, 0.25) is 0 Å². The number of hydrogen-bond acceptors (Lipinski definition) is 3. The molecule has 2 aromatic carbocycles. The van der Waals surface area contributed by atoms with Crippen molar-refractivity contribution in [2.24, 2.45) is 0 Å². The Morgan fingerprint density at radius 3 is 1.48 bits per heavy atom. The molecule has 0 unspecified atom stereocenters. The summed E-state index contributed by atoms with van der Waals surface area (Å²) < 4.78 is 10.9. The van der Waals surface area contributed by atoms with Gasteiger partial charge in [0, 0.05) is 23.2 Å². The minimum Gasteiger partial charge on any atom is -0.496 e. The predicted molar refractivity (Wildman–Crippen MR) is 86.0 cm³/mol. The van der Waals surface area contributed by atoms with Gasteiger partial charge in [-0.2, -0.15) is 0 Å². The summed E-state index contributed by atoms with van der Waals surface area (Å²) in [4.78, 5) is 0. The molecule has 0 bridgehead atoms. The average molecular weight is 285 g/mol. The van der Waals surface area contributed by atoms with E-state index in [1.54, 1.807) is 14.2 Å². The molecule has 1 N–H and O–H groups in total. The van der Waals surface area contributed by atoms with Crippen LogP contribution in [0.25, 0.3) is 0 Å². The Balaban J connectivity index is 2.17. The van der Waals surface area contributed by atoms with Crippen LogP contribution in [0.4, 0.5) is 0 Å². The number of nitrogens with one attached hydrogen (secondary N) is 1. The first-order valence-electron chi connectivity index (χ1n) is 7.19. The first-order chi connectivity index (χ1) is 10.2. The van der Waals surface area contributed by atoms with Gasteiger partial charge in [-0.1, -0.05) is 36.4 Å². The largest absolute Gasteiger partial charge is 0.496 e. The van der Waals surface area contributed by atoms with E-state index in [9.17, 15) is 0 Å². The summed E-state index contributed by atoms with van der Waals surface area (Å²) in [5, 5.41) is 3.60. The normalized spacial score (nSPS) is 13.5. The van der Waals surface area contributed by atoms with E-state index in [0.717, 1.165) is 22.6 Å². The van der Waals surface area contributed by atoms with Crippen LogP contribution in [0.1, 0.15) is 37.1 Å². The highest BCUT2D eigenvalue weighted by Gasteiger charge is 2.16. The highest BCUT2D eigenvalue weighted by Crippen LogP contribution is 2.29. The van der Waals surface area contributed by atoms with Gasteiger partial charge in [0.15, 0.2) is 0 Å². The third-order valence-electron chi connectivity index (χ3n) is 3.71. The molecule has 112 valence electrons. The van der Waals surface area contributed by atoms with E-state index in [0.29, 0.717) is 0 Å². The van der Waals surface area contributed by atoms with Crippen molar-refractivity contribution in [3.8, 4) is 11.5 Å². The lowest BCUT2D eigenvalue weighted by Gasteiger charge is -2.23. The molecule has 3 nitrogen and oxygen atoms in total. The molecule has 0 amide bonds. The van der Waals surface area contributed by atoms with Crippen molar-refractivity contribution >= 4 is 0 Å². The predicted octanol–water partition coefficient (Wildman–Crippen LogP) is 4.12. The van der Waals surface area contributed by atoms with Crippen LogP contribution in [0.5, 0.6) is 11.5 Å². The molecule has 0 spiro atoms. The van der Waals surface area contributed by atoms with E-state index in [1.807, 2.05) is 36.4 Å². The maximum Gasteiger partial charge on any atom is 0.123 e. The molecule has 0 aliphatic heterocycles. The Bertz CT molecular complexity index is 531. The maximum absolute atomic E-state index is 5.43. The Hall–Kier alpha value is -2.00. The SMILES string of the molecule is COc1ccccc1[C@H](C)N[C@@H](C)c1ccccc1OC. The van der Waals surface area contributed by atoms with Crippen molar-refractivity contribution in [1.82, 2.24) is 5.32 Å². The molecular formula is C18H23NO2. The number of rotatable bonds is 6. The Labute approximate surface area is 126 Å². The lowest BCUT2D eigenvalue weighted by molar-refractivity contribution is 0.386. The highest BCUT2D eigenvalue weighted by molar-refractivity contribution is 5.38. The molecule has 0 aromatic heterocycles.